The Morgan fingerprint density at radius 1 is 1.26 bits per heavy atom. The fourth-order valence-corrected chi connectivity index (χ4v) is 5.59. The molecule has 6 unspecified atom stereocenters. The minimum Gasteiger partial charge on any atom is -0.383 e. The Bertz CT molecular complexity index is 1350. The van der Waals surface area contributed by atoms with Crippen molar-refractivity contribution in [2.75, 3.05) is 18.1 Å². The van der Waals surface area contributed by atoms with E-state index in [1.807, 2.05) is 6.79 Å². The number of nitrogens with two attached hydrogens (primary N) is 4. The summed E-state index contributed by atoms with van der Waals surface area (Å²) in [5.74, 6) is 11.8. The largest absolute Gasteiger partial charge is 0.405 e. The monoisotopic (exact) mass is 577 g/mol. The van der Waals surface area contributed by atoms with E-state index in [0.717, 1.165) is 9.69 Å². The van der Waals surface area contributed by atoms with Gasteiger partial charge in [-0.25, -0.2) is 19.7 Å². The molecule has 0 aliphatic carbocycles. The average molecular weight is 578 g/mol. The minimum atomic E-state index is -4.23. The first-order valence-corrected chi connectivity index (χ1v) is 13.5. The Labute approximate surface area is 218 Å². The highest BCUT2D eigenvalue weighted by Crippen LogP contribution is 2.46. The molecule has 210 valence electrons. The van der Waals surface area contributed by atoms with E-state index < -0.39 is 54.9 Å². The number of anilines is 1. The first-order chi connectivity index (χ1) is 17.9. The summed E-state index contributed by atoms with van der Waals surface area (Å²) in [7, 11) is -4.23. The number of aromatic nitrogens is 4. The highest BCUT2D eigenvalue weighted by molar-refractivity contribution is 8.00. The van der Waals surface area contributed by atoms with Crippen LogP contribution in [-0.4, -0.2) is 61.1 Å². The number of thioether (sulfide) groups is 1. The number of ether oxygens (including phenoxy) is 2. The Morgan fingerprint density at radius 2 is 1.97 bits per heavy atom. The molecule has 2 fully saturated rings. The molecule has 18 nitrogen and oxygen atoms in total. The van der Waals surface area contributed by atoms with Crippen LogP contribution in [0, 0.1) is 6.92 Å². The number of hydrogen-bond donors (Lipinski definition) is 5. The number of rotatable bonds is 8. The smallest absolute Gasteiger partial charge is 0.383 e. The van der Waals surface area contributed by atoms with Gasteiger partial charge in [-0.05, 0) is 13.0 Å². The number of aromatic amines is 1. The van der Waals surface area contributed by atoms with Crippen LogP contribution in [0.1, 0.15) is 24.4 Å². The Kier molecular flexibility index (Phi) is 9.76. The molecule has 2 aromatic heterocycles. The highest BCUT2D eigenvalue weighted by atomic mass is 32.2. The van der Waals surface area contributed by atoms with E-state index in [9.17, 15) is 18.9 Å². The summed E-state index contributed by atoms with van der Waals surface area (Å²) in [5, 5.41) is 0.785. The molecule has 6 atom stereocenters. The fraction of sp³-hybridized carbons (Fsp3) is 0.500. The summed E-state index contributed by atoms with van der Waals surface area (Å²) in [5.41, 5.74) is 9.08. The number of nitrogens with one attached hydrogen (secondary N) is 1. The standard InChI is InChI=1S/C17H26N9O8PS.CH2O/c1-8-5-25(17(29)23-14(8)27)11-4-9(26(19)20)15(33-11)34-35(21,30)31-6-13-32-12(7-36-13)24-3-2-10(18)22-16(24)28;1-2/h2-3,5,9,11-13,15H,4,6-7,19-20H2,1H3,(H2,21,30)(H2,18,22,28)(H,23,27,29);1H2. The van der Waals surface area contributed by atoms with Crippen molar-refractivity contribution in [1.82, 2.24) is 24.2 Å². The molecule has 2 saturated heterocycles. The van der Waals surface area contributed by atoms with E-state index in [1.54, 1.807) is 0 Å². The van der Waals surface area contributed by atoms with Crippen molar-refractivity contribution in [3.8, 4) is 0 Å². The van der Waals surface area contributed by atoms with Gasteiger partial charge in [-0.15, -0.1) is 11.8 Å². The molecular weight excluding hydrogens is 549 g/mol. The summed E-state index contributed by atoms with van der Waals surface area (Å²) in [6.07, 6.45) is -0.0776. The van der Waals surface area contributed by atoms with E-state index in [2.05, 4.69) is 9.97 Å². The molecular formula is C18H28N9O9PS. The van der Waals surface area contributed by atoms with Gasteiger partial charge in [-0.3, -0.25) is 39.6 Å². The first kappa shape index (κ1) is 29.8. The van der Waals surface area contributed by atoms with Gasteiger partial charge in [0.15, 0.2) is 6.29 Å². The maximum absolute atomic E-state index is 12.8. The molecule has 20 heteroatoms. The summed E-state index contributed by atoms with van der Waals surface area (Å²) >= 11 is 1.30. The average Bonchev–Trinajstić information content (AvgIpc) is 3.48. The van der Waals surface area contributed by atoms with Gasteiger partial charge in [0.05, 0.1) is 12.6 Å². The quantitative estimate of drug-likeness (QED) is 0.127. The molecule has 9 N–H and O–H groups in total. The lowest BCUT2D eigenvalue weighted by Gasteiger charge is -2.25. The van der Waals surface area contributed by atoms with Crippen LogP contribution in [-0.2, 0) is 27.9 Å². The minimum absolute atomic E-state index is 0.0523. The van der Waals surface area contributed by atoms with Crippen LogP contribution in [0.2, 0.25) is 0 Å². The van der Waals surface area contributed by atoms with Crippen LogP contribution in [0.3, 0.4) is 0 Å². The van der Waals surface area contributed by atoms with Gasteiger partial charge in [-0.1, -0.05) is 0 Å². The molecule has 0 spiro atoms. The van der Waals surface area contributed by atoms with E-state index in [1.165, 1.54) is 41.7 Å². The van der Waals surface area contributed by atoms with Crippen LogP contribution in [0.15, 0.2) is 32.8 Å². The van der Waals surface area contributed by atoms with Crippen LogP contribution in [0.5, 0.6) is 0 Å². The van der Waals surface area contributed by atoms with Crippen molar-refractivity contribution in [3.63, 3.8) is 0 Å². The second kappa shape index (κ2) is 12.4. The summed E-state index contributed by atoms with van der Waals surface area (Å²) in [6.45, 7) is 3.28. The SMILES string of the molecule is C=O.Cc1cn(C2CC(N(N)N)C(OP(N)(=O)OCC3OC(n4ccc(N)nc4=O)CS3)O2)c(=O)[nH]c1=O. The number of hydrazine groups is 2. The lowest BCUT2D eigenvalue weighted by Crippen LogP contribution is -2.50. The lowest BCUT2D eigenvalue weighted by molar-refractivity contribution is -0.123. The number of H-pyrrole nitrogens is 1. The number of carbonyl (C=O) groups excluding carboxylic acids is 1. The molecule has 2 aliphatic rings. The zero-order valence-electron chi connectivity index (χ0n) is 20.1. The molecule has 4 rings (SSSR count). The summed E-state index contributed by atoms with van der Waals surface area (Å²) in [6, 6.07) is 0.605. The van der Waals surface area contributed by atoms with Gasteiger partial charge >= 0.3 is 19.1 Å². The highest BCUT2D eigenvalue weighted by Gasteiger charge is 2.43. The van der Waals surface area contributed by atoms with Crippen molar-refractivity contribution < 1.29 is 27.9 Å². The van der Waals surface area contributed by atoms with Crippen molar-refractivity contribution in [1.29, 1.82) is 0 Å². The topological polar surface area (TPSA) is 268 Å². The van der Waals surface area contributed by atoms with Gasteiger partial charge < -0.3 is 20.0 Å². The number of nitrogen functional groups attached to an aromatic ring is 1. The van der Waals surface area contributed by atoms with Gasteiger partial charge in [0.1, 0.15) is 30.5 Å². The van der Waals surface area contributed by atoms with Gasteiger partial charge in [0.2, 0.25) is 0 Å². The molecule has 4 heterocycles. The Balaban J connectivity index is 0.00000195. The van der Waals surface area contributed by atoms with Crippen molar-refractivity contribution >= 4 is 32.1 Å². The third-order valence-corrected chi connectivity index (χ3v) is 7.53. The number of aryl methyl sites for hydroxylation is 1. The van der Waals surface area contributed by atoms with E-state index in [0.29, 0.717) is 5.75 Å². The van der Waals surface area contributed by atoms with Crippen molar-refractivity contribution in [3.05, 3.63) is 55.3 Å². The molecule has 0 radical (unpaired) electrons. The maximum atomic E-state index is 12.8. The van der Waals surface area contributed by atoms with Crippen LogP contribution in [0.25, 0.3) is 0 Å². The molecule has 2 aliphatic heterocycles. The lowest BCUT2D eigenvalue weighted by atomic mass is 10.2. The van der Waals surface area contributed by atoms with E-state index in [4.69, 9.17) is 46.2 Å². The van der Waals surface area contributed by atoms with E-state index >= 15 is 0 Å². The second-order valence-corrected chi connectivity index (χ2v) is 10.8. The third-order valence-electron chi connectivity index (χ3n) is 5.42. The number of carbonyl (C=O) groups is 1. The fourth-order valence-electron chi connectivity index (χ4n) is 3.62. The first-order valence-electron chi connectivity index (χ1n) is 10.8. The molecule has 0 amide bonds. The summed E-state index contributed by atoms with van der Waals surface area (Å²) < 4.78 is 37.3. The zero-order chi connectivity index (χ0) is 28.2. The number of nitrogens with zero attached hydrogens (tertiary/aromatic N) is 4. The molecule has 0 aromatic carbocycles. The third kappa shape index (κ3) is 7.03. The zero-order valence-corrected chi connectivity index (χ0v) is 21.8. The Hall–Kier alpha value is -2.71. The molecule has 0 bridgehead atoms. The van der Waals surface area contributed by atoms with Crippen LogP contribution < -0.4 is 39.9 Å². The predicted molar refractivity (Wildman–Crippen MR) is 134 cm³/mol. The molecule has 0 saturated carbocycles. The van der Waals surface area contributed by atoms with Crippen LogP contribution >= 0.6 is 19.5 Å². The molecule has 2 aromatic rings. The Morgan fingerprint density at radius 3 is 2.63 bits per heavy atom. The molecule has 38 heavy (non-hydrogen) atoms. The predicted octanol–water partition coefficient (Wildman–Crippen LogP) is -2.15. The van der Waals surface area contributed by atoms with Crippen molar-refractivity contribution in [2.24, 2.45) is 17.2 Å². The second-order valence-electron chi connectivity index (χ2n) is 8.02. The maximum Gasteiger partial charge on any atom is 0.405 e. The van der Waals surface area contributed by atoms with Gasteiger partial charge in [-0.2, -0.15) is 10.1 Å². The van der Waals surface area contributed by atoms with Gasteiger partial charge in [0.25, 0.3) is 5.56 Å². The van der Waals surface area contributed by atoms with Gasteiger partial charge in [0, 0.05) is 30.1 Å². The number of hydrogen-bond acceptors (Lipinski definition) is 15. The van der Waals surface area contributed by atoms with E-state index in [-0.39, 0.29) is 24.4 Å². The van der Waals surface area contributed by atoms with Crippen molar-refractivity contribution in [2.45, 2.75) is 43.6 Å². The normalized spacial score (nSPS) is 26.6. The van der Waals surface area contributed by atoms with Crippen LogP contribution in [0.4, 0.5) is 5.82 Å². The summed E-state index contributed by atoms with van der Waals surface area (Å²) in [4.78, 5) is 49.7.